The second-order valence-electron chi connectivity index (χ2n) is 5.67. The highest BCUT2D eigenvalue weighted by molar-refractivity contribution is 5.27. The van der Waals surface area contributed by atoms with Gasteiger partial charge in [-0.05, 0) is 30.7 Å². The molecule has 19 heavy (non-hydrogen) atoms. The van der Waals surface area contributed by atoms with Crippen molar-refractivity contribution in [3.05, 3.63) is 29.6 Å². The summed E-state index contributed by atoms with van der Waals surface area (Å²) in [5.74, 6) is 0. The van der Waals surface area contributed by atoms with Gasteiger partial charge in [-0.1, -0.05) is 6.92 Å². The Morgan fingerprint density at radius 3 is 2.74 bits per heavy atom. The highest BCUT2D eigenvalue weighted by Gasteiger charge is 2.37. The maximum Gasteiger partial charge on any atom is 0.0508 e. The van der Waals surface area contributed by atoms with Gasteiger partial charge in [-0.3, -0.25) is 14.8 Å². The minimum atomic E-state index is 0.404. The predicted octanol–water partition coefficient (Wildman–Crippen LogP) is 1.04. The van der Waals surface area contributed by atoms with Crippen molar-refractivity contribution in [1.82, 2.24) is 20.1 Å². The first-order valence-corrected chi connectivity index (χ1v) is 7.40. The normalized spacial score (nSPS) is 31.4. The van der Waals surface area contributed by atoms with Gasteiger partial charge in [0.2, 0.25) is 0 Å². The highest BCUT2D eigenvalue weighted by Crippen LogP contribution is 2.28. The summed E-state index contributed by atoms with van der Waals surface area (Å²) in [6.45, 7) is 11.5. The van der Waals surface area contributed by atoms with Crippen LogP contribution in [0.3, 0.4) is 0 Å². The summed E-state index contributed by atoms with van der Waals surface area (Å²) in [5.41, 5.74) is 2.71. The molecule has 4 rings (SSSR count). The van der Waals surface area contributed by atoms with Crippen molar-refractivity contribution in [3.63, 3.8) is 0 Å². The molecule has 0 saturated carbocycles. The standard InChI is InChI=1S/C15H24N4/c1-3-17-15(13-10-16-5-4-12(13)2)14-11-18-6-8-19(14)9-7-18/h4-5,10,14-15,17H,3,6-9,11H2,1-2H3. The van der Waals surface area contributed by atoms with Gasteiger partial charge in [0.15, 0.2) is 0 Å². The van der Waals surface area contributed by atoms with Crippen molar-refractivity contribution in [2.24, 2.45) is 0 Å². The zero-order valence-electron chi connectivity index (χ0n) is 12.0. The lowest BCUT2D eigenvalue weighted by atomic mass is 9.92. The summed E-state index contributed by atoms with van der Waals surface area (Å²) in [4.78, 5) is 9.58. The van der Waals surface area contributed by atoms with Crippen LogP contribution in [0.25, 0.3) is 0 Å². The first-order valence-electron chi connectivity index (χ1n) is 7.40. The summed E-state index contributed by atoms with van der Waals surface area (Å²) in [6, 6.07) is 3.11. The van der Waals surface area contributed by atoms with E-state index < -0.39 is 0 Å². The lowest BCUT2D eigenvalue weighted by Crippen LogP contribution is -2.64. The fraction of sp³-hybridized carbons (Fsp3) is 0.667. The molecule has 1 aromatic heterocycles. The molecule has 0 spiro atoms. The fourth-order valence-corrected chi connectivity index (χ4v) is 3.45. The smallest absolute Gasteiger partial charge is 0.0508 e. The molecule has 4 nitrogen and oxygen atoms in total. The van der Waals surface area contributed by atoms with Crippen molar-refractivity contribution >= 4 is 0 Å². The maximum absolute atomic E-state index is 4.33. The molecule has 1 N–H and O–H groups in total. The first kappa shape index (κ1) is 13.0. The Kier molecular flexibility index (Phi) is 3.82. The quantitative estimate of drug-likeness (QED) is 0.876. The van der Waals surface area contributed by atoms with Gasteiger partial charge in [0.1, 0.15) is 0 Å². The van der Waals surface area contributed by atoms with E-state index in [9.17, 15) is 0 Å². The molecule has 0 amide bonds. The Labute approximate surface area is 115 Å². The molecule has 3 aliphatic rings. The van der Waals surface area contributed by atoms with Crippen molar-refractivity contribution in [2.45, 2.75) is 25.9 Å². The Balaban J connectivity index is 1.87. The number of pyridine rings is 1. The Morgan fingerprint density at radius 1 is 1.37 bits per heavy atom. The number of likely N-dealkylation sites (N-methyl/N-ethyl adjacent to an activating group) is 1. The van der Waals surface area contributed by atoms with Crippen LogP contribution in [0.5, 0.6) is 0 Å². The Bertz CT molecular complexity index is 426. The van der Waals surface area contributed by atoms with E-state index >= 15 is 0 Å². The van der Waals surface area contributed by atoms with Gasteiger partial charge < -0.3 is 5.32 Å². The fourth-order valence-electron chi connectivity index (χ4n) is 3.45. The number of fused-ring (bicyclic) bond motifs is 3. The number of hydrogen-bond acceptors (Lipinski definition) is 4. The van der Waals surface area contributed by atoms with E-state index in [0.29, 0.717) is 12.1 Å². The van der Waals surface area contributed by atoms with Crippen LogP contribution < -0.4 is 5.32 Å². The molecule has 104 valence electrons. The van der Waals surface area contributed by atoms with Crippen LogP contribution in [-0.4, -0.2) is 60.1 Å². The zero-order chi connectivity index (χ0) is 13.2. The Hall–Kier alpha value is -0.970. The lowest BCUT2D eigenvalue weighted by molar-refractivity contribution is -0.00356. The van der Waals surface area contributed by atoms with E-state index in [4.69, 9.17) is 0 Å². The van der Waals surface area contributed by atoms with Gasteiger partial charge in [-0.15, -0.1) is 0 Å². The molecule has 3 aliphatic heterocycles. The van der Waals surface area contributed by atoms with Gasteiger partial charge in [0.25, 0.3) is 0 Å². The number of nitrogens with one attached hydrogen (secondary N) is 1. The number of aromatic nitrogens is 1. The molecule has 0 radical (unpaired) electrons. The molecular weight excluding hydrogens is 236 g/mol. The van der Waals surface area contributed by atoms with Gasteiger partial charge in [-0.25, -0.2) is 0 Å². The number of nitrogens with zero attached hydrogens (tertiary/aromatic N) is 3. The maximum atomic E-state index is 4.33. The molecule has 4 heterocycles. The van der Waals surface area contributed by atoms with Crippen LogP contribution in [0, 0.1) is 6.92 Å². The van der Waals surface area contributed by atoms with Gasteiger partial charge in [-0.2, -0.15) is 0 Å². The lowest BCUT2D eigenvalue weighted by Gasteiger charge is -2.50. The van der Waals surface area contributed by atoms with Crippen LogP contribution in [0.4, 0.5) is 0 Å². The molecular formula is C15H24N4. The van der Waals surface area contributed by atoms with Gasteiger partial charge >= 0.3 is 0 Å². The monoisotopic (exact) mass is 260 g/mol. The molecule has 3 fully saturated rings. The third-order valence-corrected chi connectivity index (χ3v) is 4.54. The molecule has 1 aromatic rings. The van der Waals surface area contributed by atoms with E-state index in [1.165, 1.54) is 43.9 Å². The number of aryl methyl sites for hydroxylation is 1. The highest BCUT2D eigenvalue weighted by atomic mass is 15.4. The van der Waals surface area contributed by atoms with E-state index in [1.54, 1.807) is 0 Å². The minimum Gasteiger partial charge on any atom is -0.309 e. The van der Waals surface area contributed by atoms with Crippen LogP contribution in [0.1, 0.15) is 24.1 Å². The summed E-state index contributed by atoms with van der Waals surface area (Å²) >= 11 is 0. The van der Waals surface area contributed by atoms with Crippen LogP contribution in [0.2, 0.25) is 0 Å². The van der Waals surface area contributed by atoms with E-state index in [-0.39, 0.29) is 0 Å². The minimum absolute atomic E-state index is 0.404. The Morgan fingerprint density at radius 2 is 2.16 bits per heavy atom. The van der Waals surface area contributed by atoms with Crippen LogP contribution in [0.15, 0.2) is 18.5 Å². The predicted molar refractivity (Wildman–Crippen MR) is 77.2 cm³/mol. The SMILES string of the molecule is CCNC(c1cnccc1C)C1CN2CCN1CC2. The van der Waals surface area contributed by atoms with Crippen molar-refractivity contribution in [2.75, 3.05) is 39.3 Å². The molecule has 4 heteroatoms. The summed E-state index contributed by atoms with van der Waals surface area (Å²) in [6.07, 6.45) is 3.93. The molecule has 2 atom stereocenters. The summed E-state index contributed by atoms with van der Waals surface area (Å²) < 4.78 is 0. The van der Waals surface area contributed by atoms with Crippen molar-refractivity contribution < 1.29 is 0 Å². The third-order valence-electron chi connectivity index (χ3n) is 4.54. The average molecular weight is 260 g/mol. The molecule has 2 unspecified atom stereocenters. The first-order chi connectivity index (χ1) is 9.29. The van der Waals surface area contributed by atoms with E-state index in [0.717, 1.165) is 6.54 Å². The van der Waals surface area contributed by atoms with Crippen molar-refractivity contribution in [1.29, 1.82) is 0 Å². The average Bonchev–Trinajstić information content (AvgIpc) is 2.47. The topological polar surface area (TPSA) is 31.4 Å². The second kappa shape index (κ2) is 5.57. The molecule has 2 bridgehead atoms. The van der Waals surface area contributed by atoms with Gasteiger partial charge in [0, 0.05) is 51.2 Å². The largest absolute Gasteiger partial charge is 0.309 e. The van der Waals surface area contributed by atoms with Crippen LogP contribution in [-0.2, 0) is 0 Å². The number of rotatable bonds is 4. The molecule has 0 aliphatic carbocycles. The van der Waals surface area contributed by atoms with E-state index in [2.05, 4.69) is 40.0 Å². The van der Waals surface area contributed by atoms with E-state index in [1.807, 2.05) is 12.4 Å². The number of hydrogen-bond donors (Lipinski definition) is 1. The summed E-state index contributed by atoms with van der Waals surface area (Å²) in [5, 5.41) is 3.69. The van der Waals surface area contributed by atoms with Gasteiger partial charge in [0.05, 0.1) is 6.04 Å². The molecule has 0 aromatic carbocycles. The summed E-state index contributed by atoms with van der Waals surface area (Å²) in [7, 11) is 0. The number of piperazine rings is 3. The second-order valence-corrected chi connectivity index (χ2v) is 5.67. The third kappa shape index (κ3) is 2.53. The van der Waals surface area contributed by atoms with Crippen molar-refractivity contribution in [3.8, 4) is 0 Å². The zero-order valence-corrected chi connectivity index (χ0v) is 12.0. The molecule has 3 saturated heterocycles. The van der Waals surface area contributed by atoms with Crippen LogP contribution >= 0.6 is 0 Å².